The van der Waals surface area contributed by atoms with Crippen LogP contribution in [0.25, 0.3) is 0 Å². The average Bonchev–Trinajstić information content (AvgIpc) is 2.38. The van der Waals surface area contributed by atoms with Gasteiger partial charge in [-0.1, -0.05) is 45.2 Å². The molecule has 7 heteroatoms. The van der Waals surface area contributed by atoms with Gasteiger partial charge in [-0.2, -0.15) is 0 Å². The summed E-state index contributed by atoms with van der Waals surface area (Å²) in [5.74, 6) is 0. The lowest BCUT2D eigenvalue weighted by molar-refractivity contribution is 0.602. The highest BCUT2D eigenvalue weighted by molar-refractivity contribution is 9.10. The molecule has 0 atom stereocenters. The summed E-state index contributed by atoms with van der Waals surface area (Å²) in [7, 11) is -3.27. The Labute approximate surface area is 142 Å². The third-order valence-corrected chi connectivity index (χ3v) is 5.14. The van der Waals surface area contributed by atoms with E-state index in [1.165, 1.54) is 12.1 Å². The SMILES string of the molecule is CS(=O)(=O)c1ccc(Cl)c(NCc2ccc(Br)cc2Cl)c1. The Morgan fingerprint density at radius 3 is 2.43 bits per heavy atom. The number of sulfone groups is 1. The lowest BCUT2D eigenvalue weighted by Crippen LogP contribution is -2.03. The third-order valence-electron chi connectivity index (χ3n) is 2.85. The molecule has 21 heavy (non-hydrogen) atoms. The molecule has 2 aromatic rings. The van der Waals surface area contributed by atoms with Crippen LogP contribution in [0, 0.1) is 0 Å². The first-order chi connectivity index (χ1) is 9.77. The quantitative estimate of drug-likeness (QED) is 0.792. The molecule has 0 radical (unpaired) electrons. The summed E-state index contributed by atoms with van der Waals surface area (Å²) in [6, 6.07) is 10.1. The highest BCUT2D eigenvalue weighted by Crippen LogP contribution is 2.27. The van der Waals surface area contributed by atoms with Gasteiger partial charge >= 0.3 is 0 Å². The number of rotatable bonds is 4. The minimum atomic E-state index is -3.27. The van der Waals surface area contributed by atoms with Gasteiger partial charge in [-0.3, -0.25) is 0 Å². The molecule has 0 saturated carbocycles. The Balaban J connectivity index is 2.23. The second kappa shape index (κ2) is 6.57. The van der Waals surface area contributed by atoms with Gasteiger partial charge in [0.25, 0.3) is 0 Å². The monoisotopic (exact) mass is 407 g/mol. The van der Waals surface area contributed by atoms with Crippen LogP contribution in [0.2, 0.25) is 10.0 Å². The van der Waals surface area contributed by atoms with Crippen LogP contribution in [0.3, 0.4) is 0 Å². The molecule has 0 saturated heterocycles. The Kier molecular flexibility index (Phi) is 5.20. The fourth-order valence-corrected chi connectivity index (χ4v) is 3.30. The summed E-state index contributed by atoms with van der Waals surface area (Å²) in [5, 5.41) is 4.18. The molecule has 2 aromatic carbocycles. The fourth-order valence-electron chi connectivity index (χ4n) is 1.73. The van der Waals surface area contributed by atoms with Gasteiger partial charge in [-0.25, -0.2) is 8.42 Å². The van der Waals surface area contributed by atoms with E-state index < -0.39 is 9.84 Å². The standard InChI is InChI=1S/C14H12BrCl2NO2S/c1-21(19,20)11-4-5-12(16)14(7-11)18-8-9-2-3-10(15)6-13(9)17/h2-7,18H,8H2,1H3. The number of hydrogen-bond acceptors (Lipinski definition) is 3. The van der Waals surface area contributed by atoms with Gasteiger partial charge in [0.15, 0.2) is 9.84 Å². The van der Waals surface area contributed by atoms with Gasteiger partial charge in [-0.05, 0) is 35.9 Å². The maximum Gasteiger partial charge on any atom is 0.175 e. The van der Waals surface area contributed by atoms with E-state index >= 15 is 0 Å². The van der Waals surface area contributed by atoms with Gasteiger partial charge in [0.2, 0.25) is 0 Å². The zero-order valence-electron chi connectivity index (χ0n) is 11.0. The summed E-state index contributed by atoms with van der Waals surface area (Å²) in [6.45, 7) is 0.444. The zero-order valence-corrected chi connectivity index (χ0v) is 14.9. The van der Waals surface area contributed by atoms with E-state index in [0.717, 1.165) is 16.3 Å². The first kappa shape index (κ1) is 16.6. The molecule has 0 spiro atoms. The molecule has 112 valence electrons. The predicted molar refractivity (Wildman–Crippen MR) is 91.0 cm³/mol. The van der Waals surface area contributed by atoms with Crippen molar-refractivity contribution in [2.24, 2.45) is 0 Å². The Hall–Kier alpha value is -0.750. The lowest BCUT2D eigenvalue weighted by Gasteiger charge is -2.11. The van der Waals surface area contributed by atoms with Crippen LogP contribution in [-0.4, -0.2) is 14.7 Å². The van der Waals surface area contributed by atoms with E-state index in [1.54, 1.807) is 12.1 Å². The predicted octanol–water partition coefficient (Wildman–Crippen LogP) is 4.77. The average molecular weight is 409 g/mol. The van der Waals surface area contributed by atoms with E-state index in [9.17, 15) is 8.42 Å². The van der Waals surface area contributed by atoms with Crippen LogP contribution in [0.1, 0.15) is 5.56 Å². The lowest BCUT2D eigenvalue weighted by atomic mass is 10.2. The Morgan fingerprint density at radius 1 is 1.10 bits per heavy atom. The molecule has 0 fully saturated rings. The van der Waals surface area contributed by atoms with Crippen LogP contribution in [0.4, 0.5) is 5.69 Å². The summed E-state index contributed by atoms with van der Waals surface area (Å²) in [5.41, 5.74) is 1.44. The van der Waals surface area contributed by atoms with Crippen molar-refractivity contribution < 1.29 is 8.42 Å². The number of hydrogen-bond donors (Lipinski definition) is 1. The van der Waals surface area contributed by atoms with E-state index in [0.29, 0.717) is 22.3 Å². The topological polar surface area (TPSA) is 46.2 Å². The van der Waals surface area contributed by atoms with Crippen molar-refractivity contribution in [1.29, 1.82) is 0 Å². The molecule has 0 aliphatic heterocycles. The fraction of sp³-hybridized carbons (Fsp3) is 0.143. The highest BCUT2D eigenvalue weighted by atomic mass is 79.9. The molecular weight excluding hydrogens is 397 g/mol. The largest absolute Gasteiger partial charge is 0.380 e. The molecule has 0 heterocycles. The minimum Gasteiger partial charge on any atom is -0.380 e. The number of benzene rings is 2. The second-order valence-corrected chi connectivity index (χ2v) is 8.25. The van der Waals surface area contributed by atoms with Crippen LogP contribution < -0.4 is 5.32 Å². The Bertz CT molecular complexity index is 779. The number of anilines is 1. The van der Waals surface area contributed by atoms with Crippen molar-refractivity contribution in [2.75, 3.05) is 11.6 Å². The van der Waals surface area contributed by atoms with Gasteiger partial charge in [0.05, 0.1) is 15.6 Å². The van der Waals surface area contributed by atoms with E-state index in [4.69, 9.17) is 23.2 Å². The van der Waals surface area contributed by atoms with Crippen molar-refractivity contribution in [3.8, 4) is 0 Å². The normalized spacial score (nSPS) is 11.4. The van der Waals surface area contributed by atoms with Crippen LogP contribution >= 0.6 is 39.1 Å². The molecule has 2 rings (SSSR count). The maximum atomic E-state index is 11.6. The van der Waals surface area contributed by atoms with Crippen molar-refractivity contribution in [3.63, 3.8) is 0 Å². The van der Waals surface area contributed by atoms with Crippen LogP contribution in [0.5, 0.6) is 0 Å². The van der Waals surface area contributed by atoms with E-state index in [2.05, 4.69) is 21.2 Å². The summed E-state index contributed by atoms with van der Waals surface area (Å²) in [4.78, 5) is 0.219. The molecular formula is C14H12BrCl2NO2S. The summed E-state index contributed by atoms with van der Waals surface area (Å²) in [6.07, 6.45) is 1.16. The van der Waals surface area contributed by atoms with Crippen molar-refractivity contribution >= 4 is 54.7 Å². The van der Waals surface area contributed by atoms with Crippen LogP contribution in [-0.2, 0) is 16.4 Å². The summed E-state index contributed by atoms with van der Waals surface area (Å²) >= 11 is 15.6. The van der Waals surface area contributed by atoms with E-state index in [1.807, 2.05) is 12.1 Å². The molecule has 0 bridgehead atoms. The van der Waals surface area contributed by atoms with Gasteiger partial charge < -0.3 is 5.32 Å². The first-order valence-corrected chi connectivity index (χ1v) is 9.39. The van der Waals surface area contributed by atoms with E-state index in [-0.39, 0.29) is 4.90 Å². The molecule has 1 N–H and O–H groups in total. The maximum absolute atomic E-state index is 11.6. The van der Waals surface area contributed by atoms with Crippen molar-refractivity contribution in [1.82, 2.24) is 0 Å². The molecule has 0 aliphatic rings. The van der Waals surface area contributed by atoms with Gasteiger partial charge in [0.1, 0.15) is 0 Å². The van der Waals surface area contributed by atoms with Crippen LogP contribution in [0.15, 0.2) is 45.8 Å². The first-order valence-electron chi connectivity index (χ1n) is 5.95. The van der Waals surface area contributed by atoms with Crippen molar-refractivity contribution in [3.05, 3.63) is 56.5 Å². The molecule has 3 nitrogen and oxygen atoms in total. The summed E-state index contributed by atoms with van der Waals surface area (Å²) < 4.78 is 24.0. The number of halogens is 3. The second-order valence-electron chi connectivity index (χ2n) is 4.50. The zero-order chi connectivity index (χ0) is 15.6. The molecule has 0 aromatic heterocycles. The smallest absolute Gasteiger partial charge is 0.175 e. The molecule has 0 unspecified atom stereocenters. The van der Waals surface area contributed by atoms with Crippen molar-refractivity contribution in [2.45, 2.75) is 11.4 Å². The third kappa shape index (κ3) is 4.36. The van der Waals surface area contributed by atoms with Gasteiger partial charge in [0, 0.05) is 22.3 Å². The molecule has 0 aliphatic carbocycles. The highest BCUT2D eigenvalue weighted by Gasteiger charge is 2.10. The molecule has 0 amide bonds. The number of nitrogens with one attached hydrogen (secondary N) is 1. The minimum absolute atomic E-state index is 0.219. The Morgan fingerprint density at radius 2 is 1.81 bits per heavy atom. The van der Waals surface area contributed by atoms with Gasteiger partial charge in [-0.15, -0.1) is 0 Å².